The molecule has 6 nitrogen and oxygen atoms in total. The quantitative estimate of drug-likeness (QED) is 0.636. The number of carboxylic acid groups (broad SMARTS) is 1. The number of carboxylic acids is 1. The van der Waals surface area contributed by atoms with E-state index in [9.17, 15) is 4.79 Å². The highest BCUT2D eigenvalue weighted by molar-refractivity contribution is 5.89. The number of nitriles is 1. The van der Waals surface area contributed by atoms with Crippen LogP contribution < -0.4 is 0 Å². The van der Waals surface area contributed by atoms with Gasteiger partial charge in [0.25, 0.3) is 0 Å². The van der Waals surface area contributed by atoms with Crippen LogP contribution in [0, 0.1) is 11.3 Å². The number of aromatic nitrogens is 2. The number of nitrogens with zero attached hydrogens (tertiary/aromatic N) is 4. The SMILES string of the molecule is C=NC(=C)/C(C)=C\CC(C)n1cc(C(=O)O)c(C#N)n1. The van der Waals surface area contributed by atoms with E-state index >= 15 is 0 Å². The van der Waals surface area contributed by atoms with Gasteiger partial charge in [-0.15, -0.1) is 0 Å². The van der Waals surface area contributed by atoms with Gasteiger partial charge in [0.2, 0.25) is 0 Å². The molecule has 1 aromatic heterocycles. The zero-order valence-electron chi connectivity index (χ0n) is 11.5. The minimum Gasteiger partial charge on any atom is -0.478 e. The molecule has 0 aliphatic rings. The summed E-state index contributed by atoms with van der Waals surface area (Å²) in [5, 5.41) is 21.8. The van der Waals surface area contributed by atoms with Gasteiger partial charge in [-0.3, -0.25) is 9.67 Å². The average molecular weight is 272 g/mol. The molecule has 20 heavy (non-hydrogen) atoms. The standard InChI is InChI=1S/C14H16N4O2/c1-9(11(3)16-4)5-6-10(2)18-8-12(14(19)20)13(7-15)17-18/h5,8,10H,3-4,6H2,1-2H3,(H,19,20)/b9-5-. The van der Waals surface area contributed by atoms with Gasteiger partial charge in [0, 0.05) is 6.20 Å². The van der Waals surface area contributed by atoms with Crippen LogP contribution in [0.2, 0.25) is 0 Å². The van der Waals surface area contributed by atoms with Crippen molar-refractivity contribution in [2.24, 2.45) is 4.99 Å². The van der Waals surface area contributed by atoms with Crippen LogP contribution in [0.4, 0.5) is 0 Å². The van der Waals surface area contributed by atoms with Crippen molar-refractivity contribution in [1.82, 2.24) is 9.78 Å². The Morgan fingerprint density at radius 1 is 1.75 bits per heavy atom. The molecule has 0 aliphatic heterocycles. The molecule has 0 aliphatic carbocycles. The van der Waals surface area contributed by atoms with E-state index in [-0.39, 0.29) is 17.3 Å². The van der Waals surface area contributed by atoms with Crippen molar-refractivity contribution >= 4 is 12.7 Å². The summed E-state index contributed by atoms with van der Waals surface area (Å²) in [6.07, 6.45) is 3.91. The normalized spacial score (nSPS) is 12.6. The Balaban J connectivity index is 2.91. The van der Waals surface area contributed by atoms with Crippen molar-refractivity contribution in [2.75, 3.05) is 0 Å². The van der Waals surface area contributed by atoms with E-state index < -0.39 is 5.97 Å². The second-order valence-corrected chi connectivity index (χ2v) is 4.37. The molecule has 6 heteroatoms. The first kappa shape index (κ1) is 15.4. The first-order valence-electron chi connectivity index (χ1n) is 5.96. The first-order valence-corrected chi connectivity index (χ1v) is 5.96. The van der Waals surface area contributed by atoms with Gasteiger partial charge in [-0.1, -0.05) is 12.7 Å². The van der Waals surface area contributed by atoms with Gasteiger partial charge in [0.1, 0.15) is 11.6 Å². The molecule has 1 unspecified atom stereocenters. The van der Waals surface area contributed by atoms with Gasteiger partial charge in [0.15, 0.2) is 5.69 Å². The zero-order chi connectivity index (χ0) is 15.3. The van der Waals surface area contributed by atoms with Crippen molar-refractivity contribution < 1.29 is 9.90 Å². The van der Waals surface area contributed by atoms with Crippen LogP contribution >= 0.6 is 0 Å². The van der Waals surface area contributed by atoms with Crippen LogP contribution in [-0.2, 0) is 0 Å². The third-order valence-corrected chi connectivity index (χ3v) is 2.93. The Bertz CT molecular complexity index is 620. The molecule has 0 aromatic carbocycles. The van der Waals surface area contributed by atoms with Crippen LogP contribution in [0.25, 0.3) is 0 Å². The summed E-state index contributed by atoms with van der Waals surface area (Å²) in [6.45, 7) is 10.9. The maximum absolute atomic E-state index is 11.0. The molecule has 0 saturated heterocycles. The maximum atomic E-state index is 11.0. The lowest BCUT2D eigenvalue weighted by molar-refractivity contribution is 0.0696. The van der Waals surface area contributed by atoms with Gasteiger partial charge in [-0.25, -0.2) is 4.79 Å². The Labute approximate surface area is 117 Å². The van der Waals surface area contributed by atoms with Crippen LogP contribution in [0.5, 0.6) is 0 Å². The number of hydrogen-bond acceptors (Lipinski definition) is 4. The lowest BCUT2D eigenvalue weighted by atomic mass is 10.1. The number of hydrogen-bond donors (Lipinski definition) is 1. The highest BCUT2D eigenvalue weighted by Gasteiger charge is 2.17. The Hall–Kier alpha value is -2.68. The van der Waals surface area contributed by atoms with Crippen molar-refractivity contribution in [1.29, 1.82) is 5.26 Å². The Morgan fingerprint density at radius 3 is 2.85 bits per heavy atom. The van der Waals surface area contributed by atoms with Crippen molar-refractivity contribution in [2.45, 2.75) is 26.3 Å². The topological polar surface area (TPSA) is 91.3 Å². The highest BCUT2D eigenvalue weighted by atomic mass is 16.4. The molecular formula is C14H16N4O2. The van der Waals surface area contributed by atoms with E-state index in [1.54, 1.807) is 6.07 Å². The molecule has 0 bridgehead atoms. The van der Waals surface area contributed by atoms with E-state index in [2.05, 4.69) is 23.4 Å². The number of allylic oxidation sites excluding steroid dienone is 2. The summed E-state index contributed by atoms with van der Waals surface area (Å²) < 4.78 is 1.48. The molecule has 0 spiro atoms. The maximum Gasteiger partial charge on any atom is 0.340 e. The molecule has 1 rings (SSSR count). The third kappa shape index (κ3) is 3.42. The molecule has 0 saturated carbocycles. The van der Waals surface area contributed by atoms with E-state index in [0.29, 0.717) is 12.1 Å². The number of rotatable bonds is 6. The summed E-state index contributed by atoms with van der Waals surface area (Å²) >= 11 is 0. The monoisotopic (exact) mass is 272 g/mol. The first-order chi connectivity index (χ1) is 9.40. The van der Waals surface area contributed by atoms with Gasteiger partial charge >= 0.3 is 5.97 Å². The van der Waals surface area contributed by atoms with Gasteiger partial charge in [-0.2, -0.15) is 10.4 Å². The largest absolute Gasteiger partial charge is 0.478 e. The molecule has 0 radical (unpaired) electrons. The van der Waals surface area contributed by atoms with E-state index in [1.807, 2.05) is 19.9 Å². The van der Waals surface area contributed by atoms with Crippen LogP contribution in [-0.4, -0.2) is 27.6 Å². The summed E-state index contributed by atoms with van der Waals surface area (Å²) in [7, 11) is 0. The van der Waals surface area contributed by atoms with E-state index in [4.69, 9.17) is 10.4 Å². The van der Waals surface area contributed by atoms with E-state index in [0.717, 1.165) is 5.57 Å². The van der Waals surface area contributed by atoms with Crippen molar-refractivity contribution in [3.05, 3.63) is 41.4 Å². The molecule has 0 fully saturated rings. The molecule has 0 amide bonds. The van der Waals surface area contributed by atoms with Gasteiger partial charge in [0.05, 0.1) is 11.7 Å². The smallest absolute Gasteiger partial charge is 0.340 e. The number of carbonyl (C=O) groups is 1. The second kappa shape index (κ2) is 6.48. The Kier molecular flexibility index (Phi) is 4.98. The molecule has 1 aromatic rings. The molecule has 1 atom stereocenters. The van der Waals surface area contributed by atoms with Gasteiger partial charge < -0.3 is 5.11 Å². The summed E-state index contributed by atoms with van der Waals surface area (Å²) in [6, 6.07) is 1.70. The van der Waals surface area contributed by atoms with Crippen LogP contribution in [0.15, 0.2) is 35.1 Å². The molecule has 1 N–H and O–H groups in total. The lowest BCUT2D eigenvalue weighted by Gasteiger charge is -2.10. The molecule has 1 heterocycles. The minimum absolute atomic E-state index is 0.0808. The highest BCUT2D eigenvalue weighted by Crippen LogP contribution is 2.17. The summed E-state index contributed by atoms with van der Waals surface area (Å²) in [5.41, 5.74) is 1.33. The predicted octanol–water partition coefficient (Wildman–Crippen LogP) is 2.56. The Morgan fingerprint density at radius 2 is 2.40 bits per heavy atom. The summed E-state index contributed by atoms with van der Waals surface area (Å²) in [5.74, 6) is -1.16. The number of aliphatic imine (C=N–C) groups is 1. The van der Waals surface area contributed by atoms with Crippen molar-refractivity contribution in [3.63, 3.8) is 0 Å². The predicted molar refractivity (Wildman–Crippen MR) is 75.7 cm³/mol. The number of aromatic carboxylic acids is 1. The fourth-order valence-electron chi connectivity index (χ4n) is 1.55. The molecule has 104 valence electrons. The third-order valence-electron chi connectivity index (χ3n) is 2.93. The summed E-state index contributed by atoms with van der Waals surface area (Å²) in [4.78, 5) is 14.7. The lowest BCUT2D eigenvalue weighted by Crippen LogP contribution is -2.05. The zero-order valence-corrected chi connectivity index (χ0v) is 11.5. The second-order valence-electron chi connectivity index (χ2n) is 4.37. The van der Waals surface area contributed by atoms with Crippen molar-refractivity contribution in [3.8, 4) is 6.07 Å². The molecular weight excluding hydrogens is 256 g/mol. The fraction of sp³-hybridized carbons (Fsp3) is 0.286. The average Bonchev–Trinajstić information content (AvgIpc) is 2.87. The van der Waals surface area contributed by atoms with E-state index in [1.165, 1.54) is 10.9 Å². The van der Waals surface area contributed by atoms with Gasteiger partial charge in [-0.05, 0) is 32.6 Å². The van der Waals surface area contributed by atoms with Crippen LogP contribution in [0.1, 0.15) is 42.4 Å². The minimum atomic E-state index is -1.16. The van der Waals surface area contributed by atoms with Crippen LogP contribution in [0.3, 0.4) is 0 Å². The fourth-order valence-corrected chi connectivity index (χ4v) is 1.55.